The van der Waals surface area contributed by atoms with Crippen molar-refractivity contribution in [2.75, 3.05) is 0 Å². The van der Waals surface area contributed by atoms with Crippen molar-refractivity contribution >= 4 is 24.1 Å². The molecule has 0 amide bonds. The molecule has 0 fully saturated rings. The molecule has 0 spiro atoms. The number of rotatable bonds is 7. The zero-order valence-electron chi connectivity index (χ0n) is 10.1. The van der Waals surface area contributed by atoms with Crippen molar-refractivity contribution in [2.24, 2.45) is 5.92 Å². The van der Waals surface area contributed by atoms with Gasteiger partial charge in [0.25, 0.3) is 0 Å². The van der Waals surface area contributed by atoms with E-state index in [1.807, 2.05) is 18.2 Å². The van der Waals surface area contributed by atoms with Gasteiger partial charge in [0.05, 0.1) is 0 Å². The fourth-order valence-corrected chi connectivity index (χ4v) is 3.68. The summed E-state index contributed by atoms with van der Waals surface area (Å²) in [7, 11) is 0. The van der Waals surface area contributed by atoms with Crippen LogP contribution in [-0.4, -0.2) is 19.6 Å². The van der Waals surface area contributed by atoms with Crippen LogP contribution >= 0.6 is 0 Å². The summed E-state index contributed by atoms with van der Waals surface area (Å²) < 4.78 is 1.67. The van der Waals surface area contributed by atoms with Gasteiger partial charge in [0.15, 0.2) is 0 Å². The van der Waals surface area contributed by atoms with Crippen LogP contribution in [0, 0.1) is 5.92 Å². The van der Waals surface area contributed by atoms with Gasteiger partial charge in [0, 0.05) is 0 Å². The van der Waals surface area contributed by atoms with E-state index in [9.17, 15) is 4.79 Å². The second-order valence-corrected chi connectivity index (χ2v) is 6.24. The van der Waals surface area contributed by atoms with Crippen molar-refractivity contribution in [3.63, 3.8) is 0 Å². The summed E-state index contributed by atoms with van der Waals surface area (Å²) in [6.07, 6.45) is 4.42. The Balaban J connectivity index is 2.49. The number of unbranched alkanes of at least 4 members (excludes halogenated alkanes) is 1. The molecule has 1 rings (SSSR count). The normalized spacial score (nSPS) is 12.4. The molecule has 2 heteroatoms. The molecule has 0 saturated carbocycles. The van der Waals surface area contributed by atoms with Crippen LogP contribution in [0.1, 0.15) is 39.5 Å². The molecule has 0 N–H and O–H groups in total. The fraction of sp³-hybridized carbons (Fsp3) is 0.500. The van der Waals surface area contributed by atoms with Crippen molar-refractivity contribution in [3.8, 4) is 0 Å². The third-order valence-corrected chi connectivity index (χ3v) is 4.88. The van der Waals surface area contributed by atoms with E-state index >= 15 is 0 Å². The van der Waals surface area contributed by atoms with Crippen molar-refractivity contribution < 1.29 is 4.79 Å². The predicted octanol–water partition coefficient (Wildman–Crippen LogP) is 2.76. The third kappa shape index (κ3) is 4.51. The predicted molar refractivity (Wildman–Crippen MR) is 70.1 cm³/mol. The van der Waals surface area contributed by atoms with Crippen LogP contribution in [0.5, 0.6) is 0 Å². The van der Waals surface area contributed by atoms with Crippen LogP contribution in [0.15, 0.2) is 30.3 Å². The third-order valence-electron chi connectivity index (χ3n) is 2.69. The monoisotopic (exact) mass is 284 g/mol. The zero-order chi connectivity index (χ0) is 11.8. The van der Waals surface area contributed by atoms with Crippen molar-refractivity contribution in [3.05, 3.63) is 30.3 Å². The minimum absolute atomic E-state index is 0.00960. The van der Waals surface area contributed by atoms with Crippen LogP contribution in [-0.2, 0) is 4.79 Å². The zero-order valence-corrected chi connectivity index (χ0v) is 11.8. The van der Waals surface area contributed by atoms with Crippen molar-refractivity contribution in [2.45, 2.75) is 39.5 Å². The summed E-state index contributed by atoms with van der Waals surface area (Å²) in [6, 6.07) is 10.1. The number of benzene rings is 1. The van der Waals surface area contributed by atoms with E-state index in [2.05, 4.69) is 26.0 Å². The fourth-order valence-electron chi connectivity index (χ4n) is 1.63. The molecule has 0 heterocycles. The molecule has 0 aliphatic heterocycles. The molecule has 16 heavy (non-hydrogen) atoms. The standard InChI is InChI=1S/C14H20OSe/c1-3-5-9-12(4-2)14(15)16-13-10-7-6-8-11-13/h6-8,10-12H,3-5,9H2,1-2H3. The first kappa shape index (κ1) is 13.5. The second kappa shape index (κ2) is 7.65. The molecule has 1 aromatic carbocycles. The number of hydrogen-bond donors (Lipinski definition) is 0. The first-order valence-corrected chi connectivity index (χ1v) is 7.76. The van der Waals surface area contributed by atoms with E-state index < -0.39 is 0 Å². The molecule has 0 aromatic heterocycles. The van der Waals surface area contributed by atoms with Gasteiger partial charge >= 0.3 is 105 Å². The Bertz CT molecular complexity index is 308. The topological polar surface area (TPSA) is 17.1 Å². The Hall–Kier alpha value is -0.591. The molecule has 88 valence electrons. The molecule has 0 bridgehead atoms. The summed E-state index contributed by atoms with van der Waals surface area (Å²) in [6.45, 7) is 4.30. The number of hydrogen-bond acceptors (Lipinski definition) is 1. The van der Waals surface area contributed by atoms with Gasteiger partial charge in [0.2, 0.25) is 0 Å². The van der Waals surface area contributed by atoms with Crippen LogP contribution in [0.2, 0.25) is 0 Å². The molecule has 0 aliphatic carbocycles. The Morgan fingerprint density at radius 2 is 1.94 bits per heavy atom. The van der Waals surface area contributed by atoms with E-state index in [-0.39, 0.29) is 15.0 Å². The average molecular weight is 283 g/mol. The van der Waals surface area contributed by atoms with Crippen molar-refractivity contribution in [1.29, 1.82) is 0 Å². The van der Waals surface area contributed by atoms with Gasteiger partial charge in [-0.3, -0.25) is 0 Å². The first-order valence-electron chi connectivity index (χ1n) is 6.04. The van der Waals surface area contributed by atoms with E-state index in [0.717, 1.165) is 12.8 Å². The Morgan fingerprint density at radius 3 is 2.50 bits per heavy atom. The molecule has 0 radical (unpaired) electrons. The maximum absolute atomic E-state index is 12.1. The maximum atomic E-state index is 12.1. The Labute approximate surface area is 105 Å². The van der Waals surface area contributed by atoms with Crippen LogP contribution < -0.4 is 4.46 Å². The van der Waals surface area contributed by atoms with Gasteiger partial charge < -0.3 is 0 Å². The average Bonchev–Trinajstić information content (AvgIpc) is 2.31. The summed E-state index contributed by atoms with van der Waals surface area (Å²) in [5.41, 5.74) is 0. The van der Waals surface area contributed by atoms with Gasteiger partial charge in [-0.1, -0.05) is 0 Å². The Kier molecular flexibility index (Phi) is 6.44. The van der Waals surface area contributed by atoms with E-state index in [1.165, 1.54) is 17.3 Å². The number of carbonyl (C=O) groups is 1. The molecule has 0 saturated heterocycles. The Morgan fingerprint density at radius 1 is 1.25 bits per heavy atom. The first-order chi connectivity index (χ1) is 7.77. The van der Waals surface area contributed by atoms with Gasteiger partial charge in [0.1, 0.15) is 0 Å². The van der Waals surface area contributed by atoms with Gasteiger partial charge in [-0.25, -0.2) is 0 Å². The van der Waals surface area contributed by atoms with Gasteiger partial charge in [-0.2, -0.15) is 0 Å². The molecular weight excluding hydrogens is 263 g/mol. The number of carbonyl (C=O) groups excluding carboxylic acids is 1. The van der Waals surface area contributed by atoms with Crippen LogP contribution in [0.3, 0.4) is 0 Å². The van der Waals surface area contributed by atoms with E-state index in [1.54, 1.807) is 0 Å². The van der Waals surface area contributed by atoms with Gasteiger partial charge in [-0.05, 0) is 0 Å². The van der Waals surface area contributed by atoms with Crippen molar-refractivity contribution in [1.82, 2.24) is 0 Å². The molecule has 1 aromatic rings. The molecular formula is C14H20OSe. The summed E-state index contributed by atoms with van der Waals surface area (Å²) in [5.74, 6) is 0.292. The molecule has 1 atom stereocenters. The molecule has 1 unspecified atom stereocenters. The SMILES string of the molecule is CCCCC(CC)C(=O)[Se]c1ccccc1. The van der Waals surface area contributed by atoms with Crippen LogP contribution in [0.25, 0.3) is 0 Å². The van der Waals surface area contributed by atoms with E-state index in [4.69, 9.17) is 0 Å². The van der Waals surface area contributed by atoms with E-state index in [0.29, 0.717) is 10.6 Å². The van der Waals surface area contributed by atoms with Crippen LogP contribution in [0.4, 0.5) is 0 Å². The summed E-state index contributed by atoms with van der Waals surface area (Å²) >= 11 is 0.00960. The summed E-state index contributed by atoms with van der Waals surface area (Å²) in [4.78, 5) is 12.1. The summed E-state index contributed by atoms with van der Waals surface area (Å²) in [5, 5.41) is 0. The quantitative estimate of drug-likeness (QED) is 0.703. The van der Waals surface area contributed by atoms with Gasteiger partial charge in [-0.15, -0.1) is 0 Å². The second-order valence-electron chi connectivity index (χ2n) is 3.98. The molecule has 0 aliphatic rings. The minimum atomic E-state index is 0.00960. The molecule has 1 nitrogen and oxygen atoms in total.